The lowest BCUT2D eigenvalue weighted by molar-refractivity contribution is 0.857. The molecule has 0 fully saturated rings. The van der Waals surface area contributed by atoms with Gasteiger partial charge in [0, 0.05) is 5.69 Å². The van der Waals surface area contributed by atoms with Crippen LogP contribution in [0.4, 0.5) is 5.69 Å². The van der Waals surface area contributed by atoms with E-state index in [4.69, 9.17) is 6.42 Å². The first-order chi connectivity index (χ1) is 7.30. The molecule has 0 aliphatic heterocycles. The molecule has 0 spiro atoms. The van der Waals surface area contributed by atoms with Crippen LogP contribution < -0.4 is 5.32 Å². The molecule has 0 aliphatic carbocycles. The molecule has 0 radical (unpaired) electrons. The van der Waals surface area contributed by atoms with Crippen LogP contribution in [0.15, 0.2) is 24.3 Å². The summed E-state index contributed by atoms with van der Waals surface area (Å²) in [4.78, 5) is 0. The van der Waals surface area contributed by atoms with Crippen molar-refractivity contribution in [2.75, 3.05) is 5.32 Å². The van der Waals surface area contributed by atoms with E-state index in [-0.39, 0.29) is 6.04 Å². The van der Waals surface area contributed by atoms with E-state index in [1.807, 2.05) is 0 Å². The third-order valence-corrected chi connectivity index (χ3v) is 2.44. The highest BCUT2D eigenvalue weighted by molar-refractivity contribution is 5.46. The Morgan fingerprint density at radius 3 is 2.40 bits per heavy atom. The molecule has 1 heteroatoms. The van der Waals surface area contributed by atoms with Gasteiger partial charge in [-0.3, -0.25) is 0 Å². The smallest absolute Gasteiger partial charge is 0.0871 e. The maximum Gasteiger partial charge on any atom is 0.0871 e. The first-order valence-corrected chi connectivity index (χ1v) is 5.61. The minimum atomic E-state index is 0.141. The Morgan fingerprint density at radius 2 is 1.93 bits per heavy atom. The molecule has 1 unspecified atom stereocenters. The quantitative estimate of drug-likeness (QED) is 0.719. The summed E-state index contributed by atoms with van der Waals surface area (Å²) < 4.78 is 0. The Labute approximate surface area is 92.9 Å². The Hall–Kier alpha value is -1.42. The van der Waals surface area contributed by atoms with Gasteiger partial charge in [0.25, 0.3) is 0 Å². The summed E-state index contributed by atoms with van der Waals surface area (Å²) in [6.07, 6.45) is 8.68. The summed E-state index contributed by atoms with van der Waals surface area (Å²) in [7, 11) is 0. The Morgan fingerprint density at radius 1 is 1.27 bits per heavy atom. The zero-order valence-corrected chi connectivity index (χ0v) is 9.59. The number of aryl methyl sites for hydroxylation is 1. The topological polar surface area (TPSA) is 12.0 Å². The number of hydrogen-bond acceptors (Lipinski definition) is 1. The summed E-state index contributed by atoms with van der Waals surface area (Å²) in [5, 5.41) is 3.31. The number of rotatable bonds is 5. The Bertz CT molecular complexity index is 318. The summed E-state index contributed by atoms with van der Waals surface area (Å²) in [5.41, 5.74) is 2.50. The molecule has 0 aliphatic rings. The number of terminal acetylenes is 1. The van der Waals surface area contributed by atoms with Gasteiger partial charge in [-0.25, -0.2) is 0 Å². The van der Waals surface area contributed by atoms with Gasteiger partial charge >= 0.3 is 0 Å². The van der Waals surface area contributed by atoms with Crippen LogP contribution in [0.1, 0.15) is 32.3 Å². The van der Waals surface area contributed by atoms with Crippen molar-refractivity contribution in [1.29, 1.82) is 0 Å². The highest BCUT2D eigenvalue weighted by Gasteiger charge is 2.00. The third kappa shape index (κ3) is 3.67. The van der Waals surface area contributed by atoms with Crippen molar-refractivity contribution < 1.29 is 0 Å². The molecule has 0 aromatic heterocycles. The molecule has 0 amide bonds. The minimum Gasteiger partial charge on any atom is -0.372 e. The second-order valence-electron chi connectivity index (χ2n) is 3.72. The number of nitrogens with one attached hydrogen (secondary N) is 1. The highest BCUT2D eigenvalue weighted by Crippen LogP contribution is 2.12. The zero-order chi connectivity index (χ0) is 11.1. The first kappa shape index (κ1) is 11.7. The fourth-order valence-electron chi connectivity index (χ4n) is 1.52. The largest absolute Gasteiger partial charge is 0.372 e. The van der Waals surface area contributed by atoms with Gasteiger partial charge < -0.3 is 5.32 Å². The molecule has 0 saturated carbocycles. The molecule has 0 bridgehead atoms. The monoisotopic (exact) mass is 201 g/mol. The van der Waals surface area contributed by atoms with Crippen LogP contribution >= 0.6 is 0 Å². The van der Waals surface area contributed by atoms with Crippen LogP contribution in [0.25, 0.3) is 0 Å². The normalized spacial score (nSPS) is 11.8. The molecule has 1 aromatic carbocycles. The molecule has 15 heavy (non-hydrogen) atoms. The predicted molar refractivity (Wildman–Crippen MR) is 67.0 cm³/mol. The van der Waals surface area contributed by atoms with Gasteiger partial charge in [-0.15, -0.1) is 6.42 Å². The van der Waals surface area contributed by atoms with Crippen LogP contribution in [0, 0.1) is 12.3 Å². The number of benzene rings is 1. The van der Waals surface area contributed by atoms with Crippen molar-refractivity contribution in [1.82, 2.24) is 0 Å². The Balaban J connectivity index is 2.60. The van der Waals surface area contributed by atoms with E-state index in [0.29, 0.717) is 0 Å². The predicted octanol–water partition coefficient (Wildman–Crippen LogP) is 3.46. The van der Waals surface area contributed by atoms with E-state index in [2.05, 4.69) is 49.4 Å². The molecular formula is C14H19N. The molecule has 0 heterocycles. The van der Waals surface area contributed by atoms with Crippen molar-refractivity contribution in [2.24, 2.45) is 0 Å². The summed E-state index contributed by atoms with van der Waals surface area (Å²) in [5.74, 6) is 2.73. The van der Waals surface area contributed by atoms with Gasteiger partial charge in [0.15, 0.2) is 0 Å². The molecule has 1 nitrogen and oxygen atoms in total. The maximum absolute atomic E-state index is 5.40. The van der Waals surface area contributed by atoms with E-state index < -0.39 is 0 Å². The van der Waals surface area contributed by atoms with Crippen molar-refractivity contribution in [2.45, 2.75) is 39.2 Å². The molecule has 80 valence electrons. The van der Waals surface area contributed by atoms with Crippen LogP contribution in [0.5, 0.6) is 0 Å². The molecular weight excluding hydrogens is 182 g/mol. The highest BCUT2D eigenvalue weighted by atomic mass is 14.9. The van der Waals surface area contributed by atoms with E-state index in [1.54, 1.807) is 0 Å². The summed E-state index contributed by atoms with van der Waals surface area (Å²) in [6.45, 7) is 4.28. The summed E-state index contributed by atoms with van der Waals surface area (Å²) in [6, 6.07) is 8.67. The molecule has 1 atom stereocenters. The Kier molecular flexibility index (Phi) is 4.77. The van der Waals surface area contributed by atoms with E-state index >= 15 is 0 Å². The second-order valence-corrected chi connectivity index (χ2v) is 3.72. The maximum atomic E-state index is 5.40. The van der Waals surface area contributed by atoms with Crippen LogP contribution in [-0.2, 0) is 6.42 Å². The fourth-order valence-corrected chi connectivity index (χ4v) is 1.52. The minimum absolute atomic E-state index is 0.141. The number of hydrogen-bond donors (Lipinski definition) is 1. The molecule has 1 rings (SSSR count). The van der Waals surface area contributed by atoms with Gasteiger partial charge in [0.1, 0.15) is 0 Å². The molecule has 1 N–H and O–H groups in total. The lowest BCUT2D eigenvalue weighted by Gasteiger charge is -2.12. The molecule has 1 aromatic rings. The average Bonchev–Trinajstić information content (AvgIpc) is 2.28. The average molecular weight is 201 g/mol. The van der Waals surface area contributed by atoms with Crippen molar-refractivity contribution >= 4 is 5.69 Å². The number of anilines is 1. The zero-order valence-electron chi connectivity index (χ0n) is 9.59. The van der Waals surface area contributed by atoms with Gasteiger partial charge in [0.05, 0.1) is 6.04 Å². The van der Waals surface area contributed by atoms with Gasteiger partial charge in [-0.05, 0) is 30.5 Å². The van der Waals surface area contributed by atoms with Crippen LogP contribution in [0.2, 0.25) is 0 Å². The van der Waals surface area contributed by atoms with Gasteiger partial charge in [-0.2, -0.15) is 0 Å². The van der Waals surface area contributed by atoms with Crippen LogP contribution in [-0.4, -0.2) is 6.04 Å². The molecule has 0 saturated heterocycles. The van der Waals surface area contributed by atoms with Crippen molar-refractivity contribution in [3.05, 3.63) is 29.8 Å². The van der Waals surface area contributed by atoms with E-state index in [0.717, 1.165) is 18.5 Å². The van der Waals surface area contributed by atoms with Crippen molar-refractivity contribution in [3.8, 4) is 12.3 Å². The van der Waals surface area contributed by atoms with Gasteiger partial charge in [-0.1, -0.05) is 38.3 Å². The standard InChI is InChI=1S/C14H19N/c1-4-7-12-8-10-14(11-9-12)15-13(5-2)6-3/h2,8-11,13,15H,4,6-7H2,1,3H3. The SMILES string of the molecule is C#CC(CC)Nc1ccc(CCC)cc1. The van der Waals surface area contributed by atoms with E-state index in [1.165, 1.54) is 12.0 Å². The van der Waals surface area contributed by atoms with Crippen molar-refractivity contribution in [3.63, 3.8) is 0 Å². The lowest BCUT2D eigenvalue weighted by atomic mass is 10.1. The lowest BCUT2D eigenvalue weighted by Crippen LogP contribution is -2.15. The second kappa shape index (κ2) is 6.14. The first-order valence-electron chi connectivity index (χ1n) is 5.61. The van der Waals surface area contributed by atoms with Crippen LogP contribution in [0.3, 0.4) is 0 Å². The fraction of sp³-hybridized carbons (Fsp3) is 0.429. The summed E-state index contributed by atoms with van der Waals surface area (Å²) >= 11 is 0. The third-order valence-electron chi connectivity index (χ3n) is 2.44. The van der Waals surface area contributed by atoms with E-state index in [9.17, 15) is 0 Å². The van der Waals surface area contributed by atoms with Gasteiger partial charge in [0.2, 0.25) is 0 Å².